The predicted molar refractivity (Wildman–Crippen MR) is 128 cm³/mol. The molecule has 3 heteroatoms. The number of pyridine rings is 1. The summed E-state index contributed by atoms with van der Waals surface area (Å²) < 4.78 is 1.28. The van der Waals surface area contributed by atoms with Gasteiger partial charge in [0.2, 0.25) is 0 Å². The van der Waals surface area contributed by atoms with Crippen molar-refractivity contribution in [2.24, 2.45) is 0 Å². The van der Waals surface area contributed by atoms with Gasteiger partial charge in [0.1, 0.15) is 0 Å². The summed E-state index contributed by atoms with van der Waals surface area (Å²) in [6, 6.07) is 24.0. The van der Waals surface area contributed by atoms with Crippen molar-refractivity contribution < 1.29 is 0 Å². The number of rotatable bonds is 3. The highest BCUT2D eigenvalue weighted by Gasteiger charge is 2.17. The Bertz CT molecular complexity index is 1310. The van der Waals surface area contributed by atoms with Crippen molar-refractivity contribution in [1.29, 1.82) is 0 Å². The van der Waals surface area contributed by atoms with Crippen LogP contribution in [-0.2, 0) is 0 Å². The lowest BCUT2D eigenvalue weighted by molar-refractivity contribution is 1.33. The first-order valence-electron chi connectivity index (χ1n) is 9.72. The van der Waals surface area contributed by atoms with E-state index in [0.29, 0.717) is 0 Å². The summed E-state index contributed by atoms with van der Waals surface area (Å²) in [5, 5.41) is 1.31. The minimum Gasteiger partial charge on any atom is -0.255 e. The van der Waals surface area contributed by atoms with Gasteiger partial charge in [-0.25, -0.2) is 0 Å². The summed E-state index contributed by atoms with van der Waals surface area (Å²) in [5.41, 5.74) is 7.47. The average molecular weight is 412 g/mol. The van der Waals surface area contributed by atoms with Gasteiger partial charge in [-0.3, -0.25) is 4.98 Å². The molecule has 5 rings (SSSR count). The monoisotopic (exact) mass is 411 g/mol. The van der Waals surface area contributed by atoms with Crippen LogP contribution in [0.3, 0.4) is 0 Å². The second-order valence-electron chi connectivity index (χ2n) is 7.50. The number of aryl methyl sites for hydroxylation is 3. The Morgan fingerprint density at radius 1 is 0.690 bits per heavy atom. The first-order valence-corrected chi connectivity index (χ1v) is 11.4. The van der Waals surface area contributed by atoms with Gasteiger partial charge < -0.3 is 0 Å². The Morgan fingerprint density at radius 2 is 1.41 bits per heavy atom. The van der Waals surface area contributed by atoms with Gasteiger partial charge in [-0.15, -0.1) is 22.7 Å². The highest BCUT2D eigenvalue weighted by atomic mass is 32.1. The molecule has 0 bridgehead atoms. The van der Waals surface area contributed by atoms with Crippen molar-refractivity contribution in [3.05, 3.63) is 89.6 Å². The molecule has 2 aromatic carbocycles. The second kappa shape index (κ2) is 7.25. The molecule has 1 nitrogen and oxygen atoms in total. The van der Waals surface area contributed by atoms with Crippen LogP contribution in [0.15, 0.2) is 72.9 Å². The van der Waals surface area contributed by atoms with E-state index >= 15 is 0 Å². The molecule has 0 amide bonds. The molecule has 3 aromatic heterocycles. The molecule has 0 spiro atoms. The van der Waals surface area contributed by atoms with Crippen molar-refractivity contribution in [2.75, 3.05) is 0 Å². The van der Waals surface area contributed by atoms with Crippen LogP contribution in [0.25, 0.3) is 41.5 Å². The molecule has 0 radical (unpaired) electrons. The maximum absolute atomic E-state index is 4.77. The standard InChI is InChI=1S/C26H21NS2/c1-16-13-17(2)15-20(14-16)24-26-21(11-12-27-24)18(3)25(29-26)23-10-9-22(28-23)19-7-5-4-6-8-19/h4-15H,1-3H3. The molecular weight excluding hydrogens is 390 g/mol. The Labute approximate surface area is 179 Å². The van der Waals surface area contributed by atoms with Crippen LogP contribution < -0.4 is 0 Å². The highest BCUT2D eigenvalue weighted by molar-refractivity contribution is 7.27. The van der Waals surface area contributed by atoms with Crippen molar-refractivity contribution in [2.45, 2.75) is 20.8 Å². The number of thiophene rings is 2. The lowest BCUT2D eigenvalue weighted by atomic mass is 10.0. The Kier molecular flexibility index (Phi) is 4.57. The molecule has 0 aliphatic rings. The lowest BCUT2D eigenvalue weighted by Gasteiger charge is -2.05. The van der Waals surface area contributed by atoms with E-state index in [-0.39, 0.29) is 0 Å². The molecule has 0 N–H and O–H groups in total. The first kappa shape index (κ1) is 18.3. The van der Waals surface area contributed by atoms with Crippen LogP contribution in [0.2, 0.25) is 0 Å². The fourth-order valence-electron chi connectivity index (χ4n) is 3.92. The van der Waals surface area contributed by atoms with Gasteiger partial charge in [0.05, 0.1) is 10.4 Å². The number of nitrogens with zero attached hydrogens (tertiary/aromatic N) is 1. The van der Waals surface area contributed by atoms with Gasteiger partial charge in [-0.1, -0.05) is 47.5 Å². The van der Waals surface area contributed by atoms with E-state index in [2.05, 4.69) is 87.5 Å². The summed E-state index contributed by atoms with van der Waals surface area (Å²) in [6.45, 7) is 6.54. The lowest BCUT2D eigenvalue weighted by Crippen LogP contribution is -1.86. The molecule has 0 saturated carbocycles. The molecule has 142 valence electrons. The molecular formula is C26H21NS2. The maximum atomic E-state index is 4.77. The molecule has 0 fully saturated rings. The minimum atomic E-state index is 1.09. The fourth-order valence-corrected chi connectivity index (χ4v) is 6.41. The fraction of sp³-hybridized carbons (Fsp3) is 0.115. The third kappa shape index (κ3) is 3.31. The Hall–Kier alpha value is -2.75. The van der Waals surface area contributed by atoms with Crippen LogP contribution in [0, 0.1) is 20.8 Å². The molecule has 0 saturated heterocycles. The van der Waals surface area contributed by atoms with Crippen molar-refractivity contribution >= 4 is 32.8 Å². The number of fused-ring (bicyclic) bond motifs is 1. The van der Waals surface area contributed by atoms with Crippen molar-refractivity contribution in [3.8, 4) is 31.5 Å². The molecule has 5 aromatic rings. The van der Waals surface area contributed by atoms with Gasteiger partial charge in [0.25, 0.3) is 0 Å². The summed E-state index contributed by atoms with van der Waals surface area (Å²) in [6.07, 6.45) is 1.95. The third-order valence-electron chi connectivity index (χ3n) is 5.24. The largest absolute Gasteiger partial charge is 0.255 e. The van der Waals surface area contributed by atoms with E-state index in [4.69, 9.17) is 4.98 Å². The molecule has 29 heavy (non-hydrogen) atoms. The molecule has 0 atom stereocenters. The van der Waals surface area contributed by atoms with E-state index in [1.54, 1.807) is 0 Å². The summed E-state index contributed by atoms with van der Waals surface area (Å²) in [7, 11) is 0. The van der Waals surface area contributed by atoms with E-state index in [0.717, 1.165) is 5.69 Å². The average Bonchev–Trinajstić information content (AvgIpc) is 3.33. The zero-order valence-corrected chi connectivity index (χ0v) is 18.3. The minimum absolute atomic E-state index is 1.09. The molecule has 0 unspecified atom stereocenters. The topological polar surface area (TPSA) is 12.9 Å². The van der Waals surface area contributed by atoms with E-state index in [1.165, 1.54) is 52.5 Å². The molecule has 0 aliphatic carbocycles. The number of hydrogen-bond acceptors (Lipinski definition) is 3. The number of benzene rings is 2. The third-order valence-corrected chi connectivity index (χ3v) is 7.87. The van der Waals surface area contributed by atoms with E-state index in [1.807, 2.05) is 28.9 Å². The van der Waals surface area contributed by atoms with Crippen molar-refractivity contribution in [1.82, 2.24) is 4.98 Å². The van der Waals surface area contributed by atoms with Crippen LogP contribution in [-0.4, -0.2) is 4.98 Å². The Morgan fingerprint density at radius 3 is 2.17 bits per heavy atom. The van der Waals surface area contributed by atoms with Gasteiger partial charge in [-0.05, 0) is 67.6 Å². The van der Waals surface area contributed by atoms with Crippen LogP contribution >= 0.6 is 22.7 Å². The zero-order chi connectivity index (χ0) is 20.0. The first-order chi connectivity index (χ1) is 14.1. The van der Waals surface area contributed by atoms with Gasteiger partial charge in [0.15, 0.2) is 0 Å². The van der Waals surface area contributed by atoms with E-state index in [9.17, 15) is 0 Å². The maximum Gasteiger partial charge on any atom is 0.0880 e. The van der Waals surface area contributed by atoms with Gasteiger partial charge in [-0.2, -0.15) is 0 Å². The highest BCUT2D eigenvalue weighted by Crippen LogP contribution is 2.45. The SMILES string of the molecule is Cc1cc(C)cc(-c2nccc3c(C)c(-c4ccc(-c5ccccc5)s4)sc23)c1. The Balaban J connectivity index is 1.66. The summed E-state index contributed by atoms with van der Waals surface area (Å²) >= 11 is 3.73. The summed E-state index contributed by atoms with van der Waals surface area (Å²) in [4.78, 5) is 8.76. The van der Waals surface area contributed by atoms with Crippen molar-refractivity contribution in [3.63, 3.8) is 0 Å². The quantitative estimate of drug-likeness (QED) is 0.291. The van der Waals surface area contributed by atoms with Gasteiger partial charge >= 0.3 is 0 Å². The molecule has 3 heterocycles. The van der Waals surface area contributed by atoms with Crippen LogP contribution in [0.1, 0.15) is 16.7 Å². The van der Waals surface area contributed by atoms with E-state index < -0.39 is 0 Å². The number of aromatic nitrogens is 1. The van der Waals surface area contributed by atoms with Crippen LogP contribution in [0.4, 0.5) is 0 Å². The zero-order valence-electron chi connectivity index (χ0n) is 16.7. The normalized spacial score (nSPS) is 11.3. The van der Waals surface area contributed by atoms with Crippen LogP contribution in [0.5, 0.6) is 0 Å². The van der Waals surface area contributed by atoms with Gasteiger partial charge in [0, 0.05) is 26.4 Å². The summed E-state index contributed by atoms with van der Waals surface area (Å²) in [5.74, 6) is 0. The smallest absolute Gasteiger partial charge is 0.0880 e. The second-order valence-corrected chi connectivity index (χ2v) is 9.60. The number of hydrogen-bond donors (Lipinski definition) is 0. The predicted octanol–water partition coefficient (Wildman–Crippen LogP) is 8.28. The molecule has 0 aliphatic heterocycles.